The Bertz CT molecular complexity index is 781. The predicted octanol–water partition coefficient (Wildman–Crippen LogP) is 7.44. The summed E-state index contributed by atoms with van der Waals surface area (Å²) in [6, 6.07) is 12.6. The van der Waals surface area contributed by atoms with Crippen LogP contribution in [0.5, 0.6) is 0 Å². The molecule has 2 aromatic rings. The van der Waals surface area contributed by atoms with E-state index in [1.807, 2.05) is 0 Å². The number of thioether (sulfide) groups is 2. The van der Waals surface area contributed by atoms with E-state index in [1.54, 1.807) is 34.9 Å². The van der Waals surface area contributed by atoms with Crippen LogP contribution >= 0.6 is 34.9 Å². The monoisotopic (exact) mass is 371 g/mol. The van der Waals surface area contributed by atoms with Gasteiger partial charge in [-0.2, -0.15) is 0 Å². The number of thiophene rings is 1. The number of nitrogens with zero attached hydrogens (tertiary/aromatic N) is 1. The minimum absolute atomic E-state index is 0.0960. The molecule has 1 fully saturated rings. The van der Waals surface area contributed by atoms with E-state index in [4.69, 9.17) is 4.99 Å². The van der Waals surface area contributed by atoms with Crippen LogP contribution in [-0.2, 0) is 0 Å². The standard InChI is InChI=1S/C20H21NS3/c1-14-7-9-17(10-8-14)21-19-16(12-20(3,4)15(2)24-19)13-23-18-6-5-11-22-18/h5-11,13H,2,12H2,1,3-4H3/b16-13+,21-19-. The van der Waals surface area contributed by atoms with Crippen LogP contribution in [0.1, 0.15) is 25.8 Å². The van der Waals surface area contributed by atoms with Crippen molar-refractivity contribution in [1.29, 1.82) is 0 Å². The molecule has 1 nitrogen and oxygen atoms in total. The molecule has 0 saturated carbocycles. The Morgan fingerprint density at radius 3 is 2.62 bits per heavy atom. The Morgan fingerprint density at radius 2 is 1.96 bits per heavy atom. The van der Waals surface area contributed by atoms with Crippen LogP contribution in [0.25, 0.3) is 0 Å². The molecule has 4 heteroatoms. The molecular weight excluding hydrogens is 350 g/mol. The van der Waals surface area contributed by atoms with Crippen molar-refractivity contribution < 1.29 is 0 Å². The highest BCUT2D eigenvalue weighted by Crippen LogP contribution is 2.48. The zero-order valence-electron chi connectivity index (χ0n) is 14.2. The first-order valence-electron chi connectivity index (χ1n) is 7.86. The Labute approximate surface area is 157 Å². The topological polar surface area (TPSA) is 12.4 Å². The van der Waals surface area contributed by atoms with Crippen molar-refractivity contribution >= 4 is 45.6 Å². The number of hydrogen-bond acceptors (Lipinski definition) is 4. The maximum Gasteiger partial charge on any atom is 0.105 e. The molecule has 0 amide bonds. The number of benzene rings is 1. The van der Waals surface area contributed by atoms with E-state index in [0.717, 1.165) is 17.2 Å². The molecule has 0 bridgehead atoms. The maximum absolute atomic E-state index is 4.90. The zero-order valence-corrected chi connectivity index (χ0v) is 16.7. The van der Waals surface area contributed by atoms with Crippen LogP contribution in [0.15, 0.2) is 73.4 Å². The van der Waals surface area contributed by atoms with Crippen molar-refractivity contribution in [3.8, 4) is 0 Å². The largest absolute Gasteiger partial charge is 0.241 e. The van der Waals surface area contributed by atoms with Gasteiger partial charge in [0.1, 0.15) is 5.04 Å². The number of aliphatic imine (C=N–C) groups is 1. The first kappa shape index (κ1) is 17.6. The fraction of sp³-hybridized carbons (Fsp3) is 0.250. The lowest BCUT2D eigenvalue weighted by molar-refractivity contribution is 0.472. The summed E-state index contributed by atoms with van der Waals surface area (Å²) >= 11 is 5.27. The van der Waals surface area contributed by atoms with Gasteiger partial charge in [0.2, 0.25) is 0 Å². The number of aryl methyl sites for hydroxylation is 1. The van der Waals surface area contributed by atoms with Crippen LogP contribution in [0.3, 0.4) is 0 Å². The van der Waals surface area contributed by atoms with E-state index in [9.17, 15) is 0 Å². The first-order valence-corrected chi connectivity index (χ1v) is 10.4. The molecule has 0 radical (unpaired) electrons. The van der Waals surface area contributed by atoms with Gasteiger partial charge in [-0.05, 0) is 58.2 Å². The fourth-order valence-corrected chi connectivity index (χ4v) is 5.02. The second kappa shape index (κ2) is 7.34. The number of hydrogen-bond donors (Lipinski definition) is 0. The van der Waals surface area contributed by atoms with Crippen LogP contribution < -0.4 is 0 Å². The summed E-state index contributed by atoms with van der Waals surface area (Å²) < 4.78 is 1.31. The third kappa shape index (κ3) is 4.24. The van der Waals surface area contributed by atoms with Crippen molar-refractivity contribution in [2.24, 2.45) is 10.4 Å². The quantitative estimate of drug-likeness (QED) is 0.520. The highest BCUT2D eigenvalue weighted by Gasteiger charge is 2.32. The summed E-state index contributed by atoms with van der Waals surface area (Å²) in [5, 5.41) is 5.45. The summed E-state index contributed by atoms with van der Waals surface area (Å²) in [5.74, 6) is 0. The highest BCUT2D eigenvalue weighted by atomic mass is 32.2. The number of allylic oxidation sites excluding steroid dienone is 1. The summed E-state index contributed by atoms with van der Waals surface area (Å²) in [4.78, 5) is 6.08. The van der Waals surface area contributed by atoms with E-state index < -0.39 is 0 Å². The highest BCUT2D eigenvalue weighted by molar-refractivity contribution is 8.18. The normalized spacial score (nSPS) is 20.7. The maximum atomic E-state index is 4.90. The molecule has 1 aromatic carbocycles. The lowest BCUT2D eigenvalue weighted by Crippen LogP contribution is -2.22. The van der Waals surface area contributed by atoms with Gasteiger partial charge in [0.05, 0.1) is 9.90 Å². The van der Waals surface area contributed by atoms with Crippen molar-refractivity contribution in [1.82, 2.24) is 0 Å². The molecule has 1 aromatic heterocycles. The van der Waals surface area contributed by atoms with Crippen molar-refractivity contribution in [2.45, 2.75) is 31.4 Å². The molecular formula is C20H21NS3. The molecule has 0 atom stereocenters. The lowest BCUT2D eigenvalue weighted by atomic mass is 9.85. The number of rotatable bonds is 3. The van der Waals surface area contributed by atoms with E-state index >= 15 is 0 Å². The van der Waals surface area contributed by atoms with Crippen molar-refractivity contribution in [3.05, 3.63) is 69.8 Å². The molecule has 0 unspecified atom stereocenters. The van der Waals surface area contributed by atoms with Gasteiger partial charge >= 0.3 is 0 Å². The third-order valence-corrected chi connectivity index (χ3v) is 7.31. The van der Waals surface area contributed by atoms with Crippen molar-refractivity contribution in [2.75, 3.05) is 0 Å². The Hall–Kier alpha value is -1.23. The van der Waals surface area contributed by atoms with Gasteiger partial charge in [-0.3, -0.25) is 0 Å². The summed E-state index contributed by atoms with van der Waals surface area (Å²) in [6.07, 6.45) is 0.974. The van der Waals surface area contributed by atoms with Gasteiger partial charge in [0.15, 0.2) is 0 Å². The van der Waals surface area contributed by atoms with Crippen LogP contribution in [-0.4, -0.2) is 5.04 Å². The molecule has 0 N–H and O–H groups in total. The van der Waals surface area contributed by atoms with Crippen LogP contribution in [0.2, 0.25) is 0 Å². The Balaban J connectivity index is 1.92. The Morgan fingerprint density at radius 1 is 1.21 bits per heavy atom. The SMILES string of the molecule is C=C1SC(=N\c2ccc(C)cc2)/C(=C/Sc2cccs2)CC1(C)C. The summed E-state index contributed by atoms with van der Waals surface area (Å²) in [5.41, 5.74) is 3.66. The minimum atomic E-state index is 0.0960. The van der Waals surface area contributed by atoms with Gasteiger partial charge in [-0.25, -0.2) is 4.99 Å². The van der Waals surface area contributed by atoms with Gasteiger partial charge in [-0.15, -0.1) is 11.3 Å². The van der Waals surface area contributed by atoms with Crippen LogP contribution in [0.4, 0.5) is 5.69 Å². The van der Waals surface area contributed by atoms with Crippen molar-refractivity contribution in [3.63, 3.8) is 0 Å². The van der Waals surface area contributed by atoms with E-state index in [2.05, 4.69) is 74.5 Å². The lowest BCUT2D eigenvalue weighted by Gasteiger charge is -2.33. The summed E-state index contributed by atoms with van der Waals surface area (Å²) in [6.45, 7) is 10.9. The zero-order chi connectivity index (χ0) is 17.2. The van der Waals surface area contributed by atoms with Gasteiger partial charge in [0.25, 0.3) is 0 Å². The smallest absolute Gasteiger partial charge is 0.105 e. The molecule has 1 saturated heterocycles. The average molecular weight is 372 g/mol. The van der Waals surface area contributed by atoms with Gasteiger partial charge < -0.3 is 0 Å². The fourth-order valence-electron chi connectivity index (χ4n) is 2.35. The Kier molecular flexibility index (Phi) is 5.38. The minimum Gasteiger partial charge on any atom is -0.241 e. The van der Waals surface area contributed by atoms with E-state index in [1.165, 1.54) is 20.3 Å². The van der Waals surface area contributed by atoms with E-state index in [-0.39, 0.29) is 5.41 Å². The van der Waals surface area contributed by atoms with E-state index in [0.29, 0.717) is 0 Å². The second-order valence-electron chi connectivity index (χ2n) is 6.53. The molecule has 0 spiro atoms. The first-order chi connectivity index (χ1) is 11.4. The molecule has 3 rings (SSSR count). The molecule has 2 heterocycles. The molecule has 1 aliphatic rings. The summed E-state index contributed by atoms with van der Waals surface area (Å²) in [7, 11) is 0. The van der Waals surface area contributed by atoms with Gasteiger partial charge in [-0.1, -0.05) is 67.7 Å². The van der Waals surface area contributed by atoms with Crippen LogP contribution in [0, 0.1) is 12.3 Å². The predicted molar refractivity (Wildman–Crippen MR) is 112 cm³/mol. The molecule has 1 aliphatic heterocycles. The average Bonchev–Trinajstić information content (AvgIpc) is 3.05. The molecule has 124 valence electrons. The third-order valence-electron chi connectivity index (χ3n) is 3.96. The second-order valence-corrected chi connectivity index (χ2v) is 9.73. The molecule has 0 aliphatic carbocycles. The molecule has 24 heavy (non-hydrogen) atoms. The van der Waals surface area contributed by atoms with Gasteiger partial charge in [0, 0.05) is 0 Å².